The Bertz CT molecular complexity index is 1400. The van der Waals surface area contributed by atoms with Crippen LogP contribution in [0.2, 0.25) is 5.02 Å². The van der Waals surface area contributed by atoms with Gasteiger partial charge in [-0.3, -0.25) is 9.59 Å². The zero-order valence-electron chi connectivity index (χ0n) is 17.9. The molecule has 3 aromatic carbocycles. The van der Waals surface area contributed by atoms with Gasteiger partial charge < -0.3 is 15.0 Å². The fourth-order valence-electron chi connectivity index (χ4n) is 3.49. The van der Waals surface area contributed by atoms with Crippen molar-refractivity contribution < 1.29 is 18.7 Å². The predicted octanol–water partition coefficient (Wildman–Crippen LogP) is 4.26. The molecule has 0 radical (unpaired) electrons. The van der Waals surface area contributed by atoms with Gasteiger partial charge in [-0.1, -0.05) is 41.9 Å². The molecule has 0 saturated heterocycles. The lowest BCUT2D eigenvalue weighted by Crippen LogP contribution is -2.19. The molecule has 9 heteroatoms. The number of fused-ring (bicyclic) bond motifs is 1. The molecule has 1 aromatic heterocycles. The number of para-hydroxylation sites is 1. The van der Waals surface area contributed by atoms with Crippen molar-refractivity contribution in [2.75, 3.05) is 0 Å². The van der Waals surface area contributed by atoms with Gasteiger partial charge in [0, 0.05) is 27.7 Å². The first kappa shape index (κ1) is 23.0. The Kier molecular flexibility index (Phi) is 6.89. The van der Waals surface area contributed by atoms with Crippen LogP contribution >= 0.6 is 11.6 Å². The molecule has 0 aliphatic heterocycles. The van der Waals surface area contributed by atoms with E-state index in [1.165, 1.54) is 24.4 Å². The van der Waals surface area contributed by atoms with Crippen LogP contribution in [0.4, 0.5) is 4.39 Å². The van der Waals surface area contributed by atoms with Gasteiger partial charge in [0.25, 0.3) is 5.91 Å². The third kappa shape index (κ3) is 5.41. The summed E-state index contributed by atoms with van der Waals surface area (Å²) in [5.41, 5.74) is 10.1. The molecule has 0 unspecified atom stereocenters. The van der Waals surface area contributed by atoms with Gasteiger partial charge in [-0.15, -0.1) is 0 Å². The zero-order chi connectivity index (χ0) is 24.1. The fraction of sp³-hybridized carbons (Fsp3) is 0.0800. The number of ether oxygens (including phenoxy) is 1. The summed E-state index contributed by atoms with van der Waals surface area (Å²) in [5.74, 6) is -1.10. The molecule has 0 aliphatic carbocycles. The molecular formula is C25H20ClFN4O3. The molecule has 0 aliphatic rings. The number of hydrogen-bond donors (Lipinski definition) is 2. The molecule has 7 nitrogen and oxygen atoms in total. The second-order valence-corrected chi connectivity index (χ2v) is 7.89. The van der Waals surface area contributed by atoms with E-state index in [0.29, 0.717) is 16.1 Å². The molecule has 172 valence electrons. The highest BCUT2D eigenvalue weighted by Gasteiger charge is 2.14. The van der Waals surface area contributed by atoms with Crippen LogP contribution in [0, 0.1) is 5.82 Å². The molecule has 0 atom stereocenters. The van der Waals surface area contributed by atoms with Crippen molar-refractivity contribution >= 4 is 40.5 Å². The van der Waals surface area contributed by atoms with Crippen LogP contribution in [0.5, 0.6) is 5.75 Å². The second-order valence-electron chi connectivity index (χ2n) is 7.45. The Morgan fingerprint density at radius 1 is 1.12 bits per heavy atom. The maximum absolute atomic E-state index is 13.4. The molecule has 2 amide bonds. The molecule has 1 heterocycles. The first-order valence-electron chi connectivity index (χ1n) is 10.3. The Balaban J connectivity index is 1.51. The number of nitrogens with zero attached hydrogens (tertiary/aromatic N) is 2. The lowest BCUT2D eigenvalue weighted by Gasteiger charge is -2.11. The highest BCUT2D eigenvalue weighted by atomic mass is 35.5. The van der Waals surface area contributed by atoms with Crippen LogP contribution in [0.1, 0.15) is 21.5 Å². The number of aromatic nitrogens is 1. The lowest BCUT2D eigenvalue weighted by molar-refractivity contribution is -0.118. The van der Waals surface area contributed by atoms with Gasteiger partial charge in [-0.2, -0.15) is 5.10 Å². The third-order valence-corrected chi connectivity index (χ3v) is 5.22. The number of halogens is 2. The second kappa shape index (κ2) is 10.2. The molecular weight excluding hydrogens is 459 g/mol. The van der Waals surface area contributed by atoms with Crippen molar-refractivity contribution in [2.24, 2.45) is 10.8 Å². The van der Waals surface area contributed by atoms with Crippen molar-refractivity contribution in [1.29, 1.82) is 0 Å². The molecule has 4 aromatic rings. The van der Waals surface area contributed by atoms with E-state index in [1.807, 2.05) is 24.3 Å². The van der Waals surface area contributed by atoms with Crippen LogP contribution in [-0.4, -0.2) is 22.6 Å². The summed E-state index contributed by atoms with van der Waals surface area (Å²) in [7, 11) is 0. The topological polar surface area (TPSA) is 98.7 Å². The van der Waals surface area contributed by atoms with E-state index in [0.717, 1.165) is 10.9 Å². The molecule has 34 heavy (non-hydrogen) atoms. The minimum atomic E-state index is -0.533. The van der Waals surface area contributed by atoms with Crippen molar-refractivity contribution in [3.8, 4) is 5.75 Å². The fourth-order valence-corrected chi connectivity index (χ4v) is 3.66. The van der Waals surface area contributed by atoms with Crippen molar-refractivity contribution in [1.82, 2.24) is 9.99 Å². The molecule has 0 fully saturated rings. The van der Waals surface area contributed by atoms with Crippen LogP contribution in [0.3, 0.4) is 0 Å². The molecule has 4 rings (SSSR count). The van der Waals surface area contributed by atoms with Gasteiger partial charge in [0.2, 0.25) is 5.91 Å². The number of rotatable bonds is 8. The van der Waals surface area contributed by atoms with E-state index in [4.69, 9.17) is 22.1 Å². The van der Waals surface area contributed by atoms with E-state index >= 15 is 0 Å². The van der Waals surface area contributed by atoms with Gasteiger partial charge >= 0.3 is 0 Å². The lowest BCUT2D eigenvalue weighted by atomic mass is 10.2. The minimum absolute atomic E-state index is 0.0231. The average molecular weight is 479 g/mol. The Hall–Kier alpha value is -4.17. The van der Waals surface area contributed by atoms with Gasteiger partial charge in [0.05, 0.1) is 11.8 Å². The summed E-state index contributed by atoms with van der Waals surface area (Å²) in [4.78, 5) is 24.2. The SMILES string of the molecule is NC(=O)Cn1cc(/C=N/NC(=O)c2cc(Cl)ccc2OCc2cccc(F)c2)c2ccccc21. The van der Waals surface area contributed by atoms with Crippen molar-refractivity contribution in [3.63, 3.8) is 0 Å². The van der Waals surface area contributed by atoms with Crippen molar-refractivity contribution in [2.45, 2.75) is 13.2 Å². The van der Waals surface area contributed by atoms with Crippen LogP contribution < -0.4 is 15.9 Å². The van der Waals surface area contributed by atoms with E-state index < -0.39 is 11.8 Å². The summed E-state index contributed by atoms with van der Waals surface area (Å²) in [6.45, 7) is 0.0948. The smallest absolute Gasteiger partial charge is 0.275 e. The van der Waals surface area contributed by atoms with E-state index in [1.54, 1.807) is 35.0 Å². The first-order chi connectivity index (χ1) is 16.4. The van der Waals surface area contributed by atoms with Gasteiger partial charge in [0.1, 0.15) is 24.7 Å². The number of primary amides is 1. The first-order valence-corrected chi connectivity index (χ1v) is 10.6. The number of hydrazone groups is 1. The number of nitrogens with two attached hydrogens (primary N) is 1. The van der Waals surface area contributed by atoms with Gasteiger partial charge in [0.15, 0.2) is 0 Å². The highest BCUT2D eigenvalue weighted by Crippen LogP contribution is 2.24. The maximum Gasteiger partial charge on any atom is 0.275 e. The van der Waals surface area contributed by atoms with Crippen LogP contribution in [0.25, 0.3) is 10.9 Å². The Morgan fingerprint density at radius 2 is 1.94 bits per heavy atom. The standard InChI is InChI=1S/C25H20ClFN4O3/c26-18-8-9-23(34-15-16-4-3-5-19(27)10-16)21(11-18)25(33)30-29-12-17-13-31(14-24(28)32)22-7-2-1-6-20(17)22/h1-13H,14-15H2,(H2,28,32)(H,30,33)/b29-12+. The summed E-state index contributed by atoms with van der Waals surface area (Å²) in [6.07, 6.45) is 3.22. The number of carbonyl (C=O) groups is 2. The largest absolute Gasteiger partial charge is 0.488 e. The normalized spacial score (nSPS) is 11.1. The number of amides is 2. The number of carbonyl (C=O) groups excluding carboxylic acids is 2. The third-order valence-electron chi connectivity index (χ3n) is 4.98. The van der Waals surface area contributed by atoms with E-state index in [9.17, 15) is 14.0 Å². The molecule has 0 saturated carbocycles. The van der Waals surface area contributed by atoms with Gasteiger partial charge in [-0.25, -0.2) is 9.82 Å². The number of hydrogen-bond acceptors (Lipinski definition) is 4. The quantitative estimate of drug-likeness (QED) is 0.292. The van der Waals surface area contributed by atoms with E-state index in [-0.39, 0.29) is 30.3 Å². The number of nitrogens with one attached hydrogen (secondary N) is 1. The Labute approximate surface area is 199 Å². The van der Waals surface area contributed by atoms with Crippen LogP contribution in [0.15, 0.2) is 78.0 Å². The summed E-state index contributed by atoms with van der Waals surface area (Å²) < 4.78 is 20.9. The summed E-state index contributed by atoms with van der Waals surface area (Å²) >= 11 is 6.07. The molecule has 3 N–H and O–H groups in total. The van der Waals surface area contributed by atoms with Crippen LogP contribution in [-0.2, 0) is 17.9 Å². The predicted molar refractivity (Wildman–Crippen MR) is 128 cm³/mol. The number of benzene rings is 3. The summed E-state index contributed by atoms with van der Waals surface area (Å²) in [6, 6.07) is 18.1. The average Bonchev–Trinajstić information content (AvgIpc) is 3.15. The summed E-state index contributed by atoms with van der Waals surface area (Å²) in [5, 5.41) is 5.26. The molecule has 0 spiro atoms. The van der Waals surface area contributed by atoms with E-state index in [2.05, 4.69) is 10.5 Å². The Morgan fingerprint density at radius 3 is 2.74 bits per heavy atom. The maximum atomic E-state index is 13.4. The van der Waals surface area contributed by atoms with Gasteiger partial charge in [-0.05, 0) is 42.0 Å². The highest BCUT2D eigenvalue weighted by molar-refractivity contribution is 6.31. The monoisotopic (exact) mass is 478 g/mol. The molecule has 0 bridgehead atoms. The minimum Gasteiger partial charge on any atom is -0.488 e. The van der Waals surface area contributed by atoms with Crippen molar-refractivity contribution in [3.05, 3.63) is 100 Å². The zero-order valence-corrected chi connectivity index (χ0v) is 18.6.